The minimum absolute atomic E-state index is 0.395. The number of benzene rings is 1. The largest absolute Gasteiger partial charge is 0.380 e. The SMILES string of the molecule is Nc1noc(-c2ccc3nccnc3c2)c1-c1cccs1. The molecule has 102 valence electrons. The molecule has 4 aromatic rings. The van der Waals surface area contributed by atoms with Gasteiger partial charge in [0.2, 0.25) is 0 Å². The van der Waals surface area contributed by atoms with Crippen LogP contribution in [0.25, 0.3) is 32.8 Å². The fourth-order valence-electron chi connectivity index (χ4n) is 2.26. The Morgan fingerprint density at radius 2 is 1.90 bits per heavy atom. The van der Waals surface area contributed by atoms with Gasteiger partial charge >= 0.3 is 0 Å². The average molecular weight is 294 g/mol. The van der Waals surface area contributed by atoms with Crippen LogP contribution >= 0.6 is 11.3 Å². The van der Waals surface area contributed by atoms with E-state index in [1.807, 2.05) is 35.7 Å². The van der Waals surface area contributed by atoms with Crippen LogP contribution in [0.15, 0.2) is 52.6 Å². The zero-order valence-electron chi connectivity index (χ0n) is 10.9. The van der Waals surface area contributed by atoms with Crippen molar-refractivity contribution in [3.8, 4) is 21.8 Å². The zero-order valence-corrected chi connectivity index (χ0v) is 11.7. The number of aromatic nitrogens is 3. The van der Waals surface area contributed by atoms with E-state index in [-0.39, 0.29) is 0 Å². The molecule has 0 radical (unpaired) electrons. The Balaban J connectivity index is 1.93. The molecule has 1 aromatic carbocycles. The Morgan fingerprint density at radius 1 is 1.05 bits per heavy atom. The molecule has 0 bridgehead atoms. The van der Waals surface area contributed by atoms with Crippen LogP contribution in [0.5, 0.6) is 0 Å². The number of anilines is 1. The van der Waals surface area contributed by atoms with E-state index in [4.69, 9.17) is 10.3 Å². The van der Waals surface area contributed by atoms with Crippen LogP contribution in [0.4, 0.5) is 5.82 Å². The van der Waals surface area contributed by atoms with Crippen molar-refractivity contribution in [1.82, 2.24) is 15.1 Å². The van der Waals surface area contributed by atoms with Crippen molar-refractivity contribution in [3.63, 3.8) is 0 Å². The van der Waals surface area contributed by atoms with Crippen LogP contribution in [0.3, 0.4) is 0 Å². The quantitative estimate of drug-likeness (QED) is 0.611. The summed E-state index contributed by atoms with van der Waals surface area (Å²) >= 11 is 1.60. The lowest BCUT2D eigenvalue weighted by Gasteiger charge is -2.02. The minimum atomic E-state index is 0.395. The molecule has 0 aliphatic rings. The first-order valence-electron chi connectivity index (χ1n) is 6.33. The molecule has 0 unspecified atom stereocenters. The molecule has 5 nitrogen and oxygen atoms in total. The van der Waals surface area contributed by atoms with Gasteiger partial charge in [0.1, 0.15) is 0 Å². The predicted octanol–water partition coefficient (Wildman–Crippen LogP) is 3.60. The van der Waals surface area contributed by atoms with Crippen LogP contribution in [-0.2, 0) is 0 Å². The van der Waals surface area contributed by atoms with E-state index in [1.54, 1.807) is 23.7 Å². The molecule has 0 saturated carbocycles. The van der Waals surface area contributed by atoms with Crippen molar-refractivity contribution in [1.29, 1.82) is 0 Å². The van der Waals surface area contributed by atoms with Crippen LogP contribution in [0, 0.1) is 0 Å². The van der Waals surface area contributed by atoms with E-state index in [9.17, 15) is 0 Å². The van der Waals surface area contributed by atoms with Gasteiger partial charge < -0.3 is 10.3 Å². The van der Waals surface area contributed by atoms with E-state index in [1.165, 1.54) is 0 Å². The summed E-state index contributed by atoms with van der Waals surface area (Å²) in [6.45, 7) is 0. The molecule has 3 aromatic heterocycles. The Labute approximate surface area is 124 Å². The number of fused-ring (bicyclic) bond motifs is 1. The first-order valence-corrected chi connectivity index (χ1v) is 7.21. The van der Waals surface area contributed by atoms with Crippen molar-refractivity contribution in [2.75, 3.05) is 5.73 Å². The second-order valence-electron chi connectivity index (χ2n) is 4.51. The van der Waals surface area contributed by atoms with Gasteiger partial charge in [-0.1, -0.05) is 11.2 Å². The highest BCUT2D eigenvalue weighted by Crippen LogP contribution is 2.39. The molecule has 0 amide bonds. The summed E-state index contributed by atoms with van der Waals surface area (Å²) in [5.74, 6) is 1.05. The third-order valence-corrected chi connectivity index (χ3v) is 4.10. The van der Waals surface area contributed by atoms with E-state index in [0.717, 1.165) is 27.0 Å². The van der Waals surface area contributed by atoms with Gasteiger partial charge in [0, 0.05) is 22.8 Å². The van der Waals surface area contributed by atoms with Crippen molar-refractivity contribution in [2.45, 2.75) is 0 Å². The second kappa shape index (κ2) is 4.68. The molecule has 4 rings (SSSR count). The van der Waals surface area contributed by atoms with Gasteiger partial charge in [0.25, 0.3) is 0 Å². The van der Waals surface area contributed by atoms with Crippen LogP contribution in [0.1, 0.15) is 0 Å². The molecule has 21 heavy (non-hydrogen) atoms. The monoisotopic (exact) mass is 294 g/mol. The number of rotatable bonds is 2. The van der Waals surface area contributed by atoms with Gasteiger partial charge in [0.05, 0.1) is 16.6 Å². The third-order valence-electron chi connectivity index (χ3n) is 3.22. The lowest BCUT2D eigenvalue weighted by atomic mass is 10.1. The van der Waals surface area contributed by atoms with Crippen LogP contribution in [-0.4, -0.2) is 15.1 Å². The molecule has 2 N–H and O–H groups in total. The molecule has 0 spiro atoms. The fraction of sp³-hybridized carbons (Fsp3) is 0. The number of nitrogens with two attached hydrogens (primary N) is 1. The normalized spacial score (nSPS) is 11.0. The van der Waals surface area contributed by atoms with Gasteiger partial charge in [-0.05, 0) is 29.6 Å². The molecule has 0 saturated heterocycles. The molecular formula is C15H10N4OS. The van der Waals surface area contributed by atoms with Crippen LogP contribution < -0.4 is 5.73 Å². The van der Waals surface area contributed by atoms with E-state index in [0.29, 0.717) is 11.6 Å². The summed E-state index contributed by atoms with van der Waals surface area (Å²) in [5.41, 5.74) is 9.32. The molecule has 0 fully saturated rings. The number of hydrogen-bond acceptors (Lipinski definition) is 6. The van der Waals surface area contributed by atoms with Crippen molar-refractivity contribution in [2.24, 2.45) is 0 Å². The van der Waals surface area contributed by atoms with E-state index in [2.05, 4.69) is 15.1 Å². The summed E-state index contributed by atoms with van der Waals surface area (Å²) < 4.78 is 5.44. The maximum atomic E-state index is 5.96. The molecule has 0 aliphatic carbocycles. The number of nitrogen functional groups attached to an aromatic ring is 1. The standard InChI is InChI=1S/C15H10N4OS/c16-15-13(12-2-1-7-21-12)14(20-19-15)9-3-4-10-11(8-9)18-6-5-17-10/h1-8H,(H2,16,19). The van der Waals surface area contributed by atoms with Gasteiger partial charge in [-0.3, -0.25) is 9.97 Å². The predicted molar refractivity (Wildman–Crippen MR) is 82.8 cm³/mol. The smallest absolute Gasteiger partial charge is 0.177 e. The molecule has 0 atom stereocenters. The molecule has 0 aliphatic heterocycles. The molecular weight excluding hydrogens is 284 g/mol. The summed E-state index contributed by atoms with van der Waals surface area (Å²) in [6, 6.07) is 9.75. The number of thiophene rings is 1. The lowest BCUT2D eigenvalue weighted by Crippen LogP contribution is -1.87. The third kappa shape index (κ3) is 1.96. The zero-order chi connectivity index (χ0) is 14.2. The molecule has 6 heteroatoms. The Bertz CT molecular complexity index is 914. The average Bonchev–Trinajstić information content (AvgIpc) is 3.15. The first kappa shape index (κ1) is 12.0. The second-order valence-corrected chi connectivity index (χ2v) is 5.46. The highest BCUT2D eigenvalue weighted by atomic mass is 32.1. The maximum absolute atomic E-state index is 5.96. The first-order chi connectivity index (χ1) is 10.3. The fourth-order valence-corrected chi connectivity index (χ4v) is 3.04. The summed E-state index contributed by atoms with van der Waals surface area (Å²) in [4.78, 5) is 9.61. The van der Waals surface area contributed by atoms with E-state index < -0.39 is 0 Å². The number of hydrogen-bond donors (Lipinski definition) is 1. The topological polar surface area (TPSA) is 77.8 Å². The van der Waals surface area contributed by atoms with Crippen molar-refractivity contribution in [3.05, 3.63) is 48.1 Å². The lowest BCUT2D eigenvalue weighted by molar-refractivity contribution is 0.436. The molecule has 3 heterocycles. The van der Waals surface area contributed by atoms with Crippen molar-refractivity contribution < 1.29 is 4.52 Å². The summed E-state index contributed by atoms with van der Waals surface area (Å²) in [7, 11) is 0. The van der Waals surface area contributed by atoms with Gasteiger partial charge in [-0.25, -0.2) is 0 Å². The minimum Gasteiger partial charge on any atom is -0.380 e. The summed E-state index contributed by atoms with van der Waals surface area (Å²) in [6.07, 6.45) is 3.34. The van der Waals surface area contributed by atoms with E-state index >= 15 is 0 Å². The van der Waals surface area contributed by atoms with Gasteiger partial charge in [0.15, 0.2) is 11.6 Å². The Morgan fingerprint density at radius 3 is 2.71 bits per heavy atom. The highest BCUT2D eigenvalue weighted by Gasteiger charge is 2.18. The highest BCUT2D eigenvalue weighted by molar-refractivity contribution is 7.13. The maximum Gasteiger partial charge on any atom is 0.177 e. The van der Waals surface area contributed by atoms with Crippen LogP contribution in [0.2, 0.25) is 0 Å². The number of nitrogens with zero attached hydrogens (tertiary/aromatic N) is 3. The van der Waals surface area contributed by atoms with Crippen molar-refractivity contribution >= 4 is 28.2 Å². The van der Waals surface area contributed by atoms with Gasteiger partial charge in [-0.15, -0.1) is 11.3 Å². The Kier molecular flexibility index (Phi) is 2.68. The van der Waals surface area contributed by atoms with Gasteiger partial charge in [-0.2, -0.15) is 0 Å². The Hall–Kier alpha value is -2.73. The summed E-state index contributed by atoms with van der Waals surface area (Å²) in [5, 5.41) is 5.90.